The van der Waals surface area contributed by atoms with Crippen LogP contribution in [0.25, 0.3) is 5.69 Å². The fourth-order valence-corrected chi connectivity index (χ4v) is 2.19. The Bertz CT molecular complexity index is 815. The lowest BCUT2D eigenvalue weighted by atomic mass is 10.0. The molecule has 0 radical (unpaired) electrons. The molecule has 0 spiro atoms. The molecular formula is C18H17N3O2. The van der Waals surface area contributed by atoms with E-state index in [0.717, 1.165) is 5.69 Å². The molecule has 116 valence electrons. The lowest BCUT2D eigenvalue weighted by Crippen LogP contribution is -2.15. The van der Waals surface area contributed by atoms with Crippen molar-refractivity contribution >= 4 is 5.78 Å². The number of rotatable bonds is 4. The van der Waals surface area contributed by atoms with Gasteiger partial charge in [-0.2, -0.15) is 0 Å². The standard InChI is InChI=1S/C18H17N3O2/c1-18(2,23)16-12-21(20-19-16)15-10-8-14(9-11-15)17(22)13-6-4-3-5-7-13/h3-12,23H,1-2H3. The average Bonchev–Trinajstić information content (AvgIpc) is 3.05. The summed E-state index contributed by atoms with van der Waals surface area (Å²) in [6.45, 7) is 3.31. The van der Waals surface area contributed by atoms with Crippen molar-refractivity contribution in [1.29, 1.82) is 0 Å². The number of benzene rings is 2. The highest BCUT2D eigenvalue weighted by Crippen LogP contribution is 2.18. The van der Waals surface area contributed by atoms with E-state index in [1.807, 2.05) is 18.2 Å². The molecule has 0 saturated heterocycles. The van der Waals surface area contributed by atoms with E-state index < -0.39 is 5.60 Å². The van der Waals surface area contributed by atoms with E-state index in [4.69, 9.17) is 0 Å². The fourth-order valence-electron chi connectivity index (χ4n) is 2.19. The van der Waals surface area contributed by atoms with Crippen molar-refractivity contribution in [2.24, 2.45) is 0 Å². The van der Waals surface area contributed by atoms with Crippen molar-refractivity contribution in [3.8, 4) is 5.69 Å². The summed E-state index contributed by atoms with van der Waals surface area (Å²) in [7, 11) is 0. The molecule has 0 saturated carbocycles. The Morgan fingerprint density at radius 2 is 1.61 bits per heavy atom. The highest BCUT2D eigenvalue weighted by molar-refractivity contribution is 6.09. The summed E-state index contributed by atoms with van der Waals surface area (Å²) in [6, 6.07) is 16.3. The molecule has 5 nitrogen and oxygen atoms in total. The molecule has 0 bridgehead atoms. The lowest BCUT2D eigenvalue weighted by molar-refractivity contribution is 0.0737. The van der Waals surface area contributed by atoms with Crippen LogP contribution in [0.3, 0.4) is 0 Å². The monoisotopic (exact) mass is 307 g/mol. The first-order chi connectivity index (χ1) is 10.9. The van der Waals surface area contributed by atoms with E-state index in [0.29, 0.717) is 16.8 Å². The summed E-state index contributed by atoms with van der Waals surface area (Å²) >= 11 is 0. The Morgan fingerprint density at radius 1 is 1.00 bits per heavy atom. The largest absolute Gasteiger partial charge is 0.384 e. The number of aliphatic hydroxyl groups is 1. The Morgan fingerprint density at radius 3 is 2.17 bits per heavy atom. The minimum Gasteiger partial charge on any atom is -0.384 e. The molecule has 2 aromatic carbocycles. The molecule has 0 unspecified atom stereocenters. The van der Waals surface area contributed by atoms with Gasteiger partial charge in [0.2, 0.25) is 0 Å². The van der Waals surface area contributed by atoms with Crippen molar-refractivity contribution in [2.75, 3.05) is 0 Å². The van der Waals surface area contributed by atoms with Gasteiger partial charge in [0.05, 0.1) is 11.9 Å². The maximum absolute atomic E-state index is 12.4. The summed E-state index contributed by atoms with van der Waals surface area (Å²) in [4.78, 5) is 12.4. The number of aromatic nitrogens is 3. The van der Waals surface area contributed by atoms with Crippen molar-refractivity contribution in [2.45, 2.75) is 19.4 Å². The maximum atomic E-state index is 12.4. The normalized spacial score (nSPS) is 11.4. The van der Waals surface area contributed by atoms with Gasteiger partial charge in [-0.15, -0.1) is 5.10 Å². The number of carbonyl (C=O) groups is 1. The van der Waals surface area contributed by atoms with Crippen molar-refractivity contribution < 1.29 is 9.90 Å². The highest BCUT2D eigenvalue weighted by atomic mass is 16.3. The molecule has 3 aromatic rings. The van der Waals surface area contributed by atoms with Crippen LogP contribution in [-0.4, -0.2) is 25.9 Å². The molecule has 0 fully saturated rings. The van der Waals surface area contributed by atoms with Gasteiger partial charge in [-0.3, -0.25) is 4.79 Å². The van der Waals surface area contributed by atoms with Crippen LogP contribution >= 0.6 is 0 Å². The molecule has 0 amide bonds. The van der Waals surface area contributed by atoms with Crippen LogP contribution < -0.4 is 0 Å². The summed E-state index contributed by atoms with van der Waals surface area (Å²) in [6.07, 6.45) is 1.67. The molecule has 1 N–H and O–H groups in total. The van der Waals surface area contributed by atoms with E-state index in [1.54, 1.807) is 61.1 Å². The molecule has 0 atom stereocenters. The Kier molecular flexibility index (Phi) is 3.80. The average molecular weight is 307 g/mol. The van der Waals surface area contributed by atoms with E-state index in [1.165, 1.54) is 0 Å². The van der Waals surface area contributed by atoms with Gasteiger partial charge < -0.3 is 5.11 Å². The summed E-state index contributed by atoms with van der Waals surface area (Å²) in [5.41, 5.74) is 1.49. The molecule has 0 aliphatic rings. The zero-order chi connectivity index (χ0) is 16.4. The van der Waals surface area contributed by atoms with Crippen molar-refractivity contribution in [3.63, 3.8) is 0 Å². The number of carbonyl (C=O) groups excluding carboxylic acids is 1. The summed E-state index contributed by atoms with van der Waals surface area (Å²) < 4.78 is 1.57. The third kappa shape index (κ3) is 3.19. The SMILES string of the molecule is CC(C)(O)c1cn(-c2ccc(C(=O)c3ccccc3)cc2)nn1. The van der Waals surface area contributed by atoms with Crippen LogP contribution in [0, 0.1) is 0 Å². The van der Waals surface area contributed by atoms with Gasteiger partial charge in [0.1, 0.15) is 11.3 Å². The first kappa shape index (κ1) is 15.1. The van der Waals surface area contributed by atoms with Gasteiger partial charge in [0, 0.05) is 11.1 Å². The van der Waals surface area contributed by atoms with Gasteiger partial charge in [-0.1, -0.05) is 35.5 Å². The zero-order valence-corrected chi connectivity index (χ0v) is 13.0. The maximum Gasteiger partial charge on any atom is 0.193 e. The van der Waals surface area contributed by atoms with Crippen LogP contribution in [-0.2, 0) is 5.60 Å². The Balaban J connectivity index is 1.85. The smallest absolute Gasteiger partial charge is 0.193 e. The van der Waals surface area contributed by atoms with Crippen molar-refractivity contribution in [3.05, 3.63) is 77.6 Å². The zero-order valence-electron chi connectivity index (χ0n) is 13.0. The summed E-state index contributed by atoms with van der Waals surface area (Å²) in [5, 5.41) is 17.9. The molecule has 5 heteroatoms. The Hall–Kier alpha value is -2.79. The van der Waals surface area contributed by atoms with Gasteiger partial charge in [-0.25, -0.2) is 4.68 Å². The van der Waals surface area contributed by atoms with Crippen LogP contribution in [0.1, 0.15) is 35.5 Å². The molecule has 0 aliphatic heterocycles. The molecule has 0 aliphatic carbocycles. The number of hydrogen-bond donors (Lipinski definition) is 1. The topological polar surface area (TPSA) is 68.0 Å². The molecule has 1 heterocycles. The van der Waals surface area contributed by atoms with Gasteiger partial charge >= 0.3 is 0 Å². The molecule has 3 rings (SSSR count). The third-order valence-corrected chi connectivity index (χ3v) is 3.55. The van der Waals surface area contributed by atoms with Crippen LogP contribution in [0.5, 0.6) is 0 Å². The quantitative estimate of drug-likeness (QED) is 0.753. The van der Waals surface area contributed by atoms with Gasteiger partial charge in [0.15, 0.2) is 5.78 Å². The molecule has 1 aromatic heterocycles. The first-order valence-corrected chi connectivity index (χ1v) is 7.30. The Labute approximate surface area is 134 Å². The second-order valence-corrected chi connectivity index (χ2v) is 5.85. The first-order valence-electron chi connectivity index (χ1n) is 7.30. The molecular weight excluding hydrogens is 290 g/mol. The van der Waals surface area contributed by atoms with E-state index >= 15 is 0 Å². The molecule has 23 heavy (non-hydrogen) atoms. The summed E-state index contributed by atoms with van der Waals surface area (Å²) in [5.74, 6) is -0.0204. The van der Waals surface area contributed by atoms with Crippen molar-refractivity contribution in [1.82, 2.24) is 15.0 Å². The lowest BCUT2D eigenvalue weighted by Gasteiger charge is -2.11. The second kappa shape index (κ2) is 5.78. The predicted molar refractivity (Wildman–Crippen MR) is 86.5 cm³/mol. The van der Waals surface area contributed by atoms with Gasteiger partial charge in [0.25, 0.3) is 0 Å². The van der Waals surface area contributed by atoms with Crippen LogP contribution in [0.2, 0.25) is 0 Å². The second-order valence-electron chi connectivity index (χ2n) is 5.85. The van der Waals surface area contributed by atoms with E-state index in [-0.39, 0.29) is 5.78 Å². The minimum absolute atomic E-state index is 0.0204. The number of hydrogen-bond acceptors (Lipinski definition) is 4. The fraction of sp³-hybridized carbons (Fsp3) is 0.167. The minimum atomic E-state index is -1.04. The van der Waals surface area contributed by atoms with E-state index in [9.17, 15) is 9.90 Å². The number of nitrogens with zero attached hydrogens (tertiary/aromatic N) is 3. The van der Waals surface area contributed by atoms with Crippen LogP contribution in [0.4, 0.5) is 0 Å². The van der Waals surface area contributed by atoms with Gasteiger partial charge in [-0.05, 0) is 38.1 Å². The number of ketones is 1. The third-order valence-electron chi connectivity index (χ3n) is 3.55. The predicted octanol–water partition coefficient (Wildman–Crippen LogP) is 2.73. The van der Waals surface area contributed by atoms with E-state index in [2.05, 4.69) is 10.3 Å². The highest BCUT2D eigenvalue weighted by Gasteiger charge is 2.20. The van der Waals surface area contributed by atoms with Crippen LogP contribution in [0.15, 0.2) is 60.8 Å².